The standard InChI is InChI=1S/C24H20F10O7/c1-23(2,5-7-37-21(35)39-19-15(31)11(27)9(25)12(28)16(19)32)38-8-6-24(3,4)41-22(36)40-20-17(33)13(29)10(26)14(30)18(20)34/h5-8H2,1-4H3. The molecule has 0 aliphatic heterocycles. The summed E-state index contributed by atoms with van der Waals surface area (Å²) >= 11 is 0. The fourth-order valence-electron chi connectivity index (χ4n) is 2.87. The summed E-state index contributed by atoms with van der Waals surface area (Å²) in [5.41, 5.74) is -2.57. The molecule has 228 valence electrons. The summed E-state index contributed by atoms with van der Waals surface area (Å²) in [6.45, 7) is 4.84. The van der Waals surface area contributed by atoms with Gasteiger partial charge in [-0.1, -0.05) is 0 Å². The van der Waals surface area contributed by atoms with Gasteiger partial charge in [-0.2, -0.15) is 17.6 Å². The monoisotopic (exact) mass is 610 g/mol. The van der Waals surface area contributed by atoms with Crippen molar-refractivity contribution in [3.05, 3.63) is 58.2 Å². The first-order valence-electron chi connectivity index (χ1n) is 11.2. The molecule has 0 heterocycles. The number of hydrogen-bond acceptors (Lipinski definition) is 7. The zero-order chi connectivity index (χ0) is 31.4. The molecule has 7 nitrogen and oxygen atoms in total. The van der Waals surface area contributed by atoms with Crippen molar-refractivity contribution in [3.63, 3.8) is 0 Å². The number of rotatable bonds is 10. The van der Waals surface area contributed by atoms with Crippen LogP contribution in [0.2, 0.25) is 0 Å². The van der Waals surface area contributed by atoms with Crippen molar-refractivity contribution in [3.8, 4) is 11.5 Å². The van der Waals surface area contributed by atoms with Crippen molar-refractivity contribution in [2.45, 2.75) is 51.7 Å². The molecule has 0 atom stereocenters. The van der Waals surface area contributed by atoms with Crippen LogP contribution in [0.5, 0.6) is 11.5 Å². The highest BCUT2D eigenvalue weighted by Crippen LogP contribution is 2.31. The predicted molar refractivity (Wildman–Crippen MR) is 115 cm³/mol. The molecule has 0 N–H and O–H groups in total. The van der Waals surface area contributed by atoms with Crippen molar-refractivity contribution >= 4 is 12.3 Å². The Morgan fingerprint density at radius 2 is 0.854 bits per heavy atom. The Labute approximate surface area is 224 Å². The van der Waals surface area contributed by atoms with E-state index in [2.05, 4.69) is 14.2 Å². The average molecular weight is 610 g/mol. The Balaban J connectivity index is 1.85. The lowest BCUT2D eigenvalue weighted by Gasteiger charge is -2.29. The van der Waals surface area contributed by atoms with Gasteiger partial charge in [-0.05, 0) is 27.7 Å². The van der Waals surface area contributed by atoms with E-state index in [-0.39, 0.29) is 19.4 Å². The first-order valence-corrected chi connectivity index (χ1v) is 11.2. The second-order valence-corrected chi connectivity index (χ2v) is 9.32. The van der Waals surface area contributed by atoms with Crippen LogP contribution in [-0.2, 0) is 14.2 Å². The third-order valence-corrected chi connectivity index (χ3v) is 5.19. The maximum Gasteiger partial charge on any atom is 0.514 e. The van der Waals surface area contributed by atoms with Crippen LogP contribution in [0.1, 0.15) is 40.5 Å². The molecule has 0 bridgehead atoms. The summed E-state index contributed by atoms with van der Waals surface area (Å²) in [6.07, 6.45) is -3.81. The first-order chi connectivity index (χ1) is 18.8. The molecular formula is C24H20F10O7. The van der Waals surface area contributed by atoms with E-state index in [1.54, 1.807) is 0 Å². The Bertz CT molecular complexity index is 1270. The van der Waals surface area contributed by atoms with E-state index in [0.717, 1.165) is 0 Å². The molecule has 0 saturated carbocycles. The van der Waals surface area contributed by atoms with Crippen LogP contribution in [0.15, 0.2) is 0 Å². The second kappa shape index (κ2) is 12.8. The van der Waals surface area contributed by atoms with E-state index in [0.29, 0.717) is 0 Å². The van der Waals surface area contributed by atoms with Gasteiger partial charge in [0.15, 0.2) is 0 Å². The topological polar surface area (TPSA) is 80.3 Å². The van der Waals surface area contributed by atoms with Gasteiger partial charge in [0, 0.05) is 12.8 Å². The molecule has 0 fully saturated rings. The van der Waals surface area contributed by atoms with E-state index in [4.69, 9.17) is 9.47 Å². The Morgan fingerprint density at radius 3 is 1.27 bits per heavy atom. The number of hydrogen-bond donors (Lipinski definition) is 0. The zero-order valence-corrected chi connectivity index (χ0v) is 21.5. The molecule has 0 aliphatic rings. The molecule has 0 radical (unpaired) electrons. The van der Waals surface area contributed by atoms with Crippen molar-refractivity contribution in [1.29, 1.82) is 0 Å². The normalized spacial score (nSPS) is 11.9. The summed E-state index contributed by atoms with van der Waals surface area (Å²) in [5.74, 6) is -27.5. The zero-order valence-electron chi connectivity index (χ0n) is 21.5. The lowest BCUT2D eigenvalue weighted by molar-refractivity contribution is -0.0652. The lowest BCUT2D eigenvalue weighted by atomic mass is 10.0. The summed E-state index contributed by atoms with van der Waals surface area (Å²) in [6, 6.07) is 0. The fourth-order valence-corrected chi connectivity index (χ4v) is 2.87. The number of halogens is 10. The van der Waals surface area contributed by atoms with Crippen LogP contribution in [0.4, 0.5) is 53.5 Å². The first kappa shape index (κ1) is 33.4. The third-order valence-electron chi connectivity index (χ3n) is 5.19. The van der Waals surface area contributed by atoms with Crippen molar-refractivity contribution in [2.75, 3.05) is 13.2 Å². The minimum Gasteiger partial charge on any atom is -0.434 e. The van der Waals surface area contributed by atoms with Crippen molar-refractivity contribution < 1.29 is 77.2 Å². The van der Waals surface area contributed by atoms with Crippen LogP contribution < -0.4 is 9.47 Å². The molecule has 0 aromatic heterocycles. The molecule has 0 saturated heterocycles. The van der Waals surface area contributed by atoms with Gasteiger partial charge in [0.1, 0.15) is 5.60 Å². The molecule has 2 aromatic carbocycles. The molecule has 2 aromatic rings. The summed E-state index contributed by atoms with van der Waals surface area (Å²) < 4.78 is 157. The van der Waals surface area contributed by atoms with Gasteiger partial charge in [-0.3, -0.25) is 0 Å². The van der Waals surface area contributed by atoms with Gasteiger partial charge in [-0.15, -0.1) is 0 Å². The van der Waals surface area contributed by atoms with Crippen LogP contribution in [-0.4, -0.2) is 36.7 Å². The molecule has 0 spiro atoms. The minimum atomic E-state index is -2.45. The molecule has 41 heavy (non-hydrogen) atoms. The van der Waals surface area contributed by atoms with Gasteiger partial charge in [0.2, 0.25) is 69.7 Å². The summed E-state index contributed by atoms with van der Waals surface area (Å²) in [5, 5.41) is 0. The van der Waals surface area contributed by atoms with Crippen LogP contribution in [0, 0.1) is 58.2 Å². The molecule has 0 aliphatic carbocycles. The summed E-state index contributed by atoms with van der Waals surface area (Å²) in [4.78, 5) is 23.6. The van der Waals surface area contributed by atoms with Gasteiger partial charge in [0.25, 0.3) is 0 Å². The molecule has 2 rings (SSSR count). The Hall–Kier alpha value is -3.76. The van der Waals surface area contributed by atoms with E-state index < -0.39 is 99.8 Å². The highest BCUT2D eigenvalue weighted by molar-refractivity contribution is 5.65. The van der Waals surface area contributed by atoms with Gasteiger partial charge >= 0.3 is 12.3 Å². The highest BCUT2D eigenvalue weighted by atomic mass is 19.2. The van der Waals surface area contributed by atoms with Crippen LogP contribution >= 0.6 is 0 Å². The Kier molecular flexibility index (Phi) is 10.5. The Morgan fingerprint density at radius 1 is 0.512 bits per heavy atom. The van der Waals surface area contributed by atoms with E-state index in [1.807, 2.05) is 0 Å². The summed E-state index contributed by atoms with van der Waals surface area (Å²) in [7, 11) is 0. The number of ether oxygens (including phenoxy) is 5. The lowest BCUT2D eigenvalue weighted by Crippen LogP contribution is -2.34. The highest BCUT2D eigenvalue weighted by Gasteiger charge is 2.32. The smallest absolute Gasteiger partial charge is 0.434 e. The fraction of sp³-hybridized carbons (Fsp3) is 0.417. The number of carbonyl (C=O) groups is 2. The largest absolute Gasteiger partial charge is 0.514 e. The third kappa shape index (κ3) is 8.14. The maximum absolute atomic E-state index is 13.7. The van der Waals surface area contributed by atoms with Crippen LogP contribution in [0.25, 0.3) is 0 Å². The van der Waals surface area contributed by atoms with E-state index >= 15 is 0 Å². The predicted octanol–water partition coefficient (Wildman–Crippen LogP) is 7.16. The van der Waals surface area contributed by atoms with E-state index in [1.165, 1.54) is 27.7 Å². The van der Waals surface area contributed by atoms with Crippen LogP contribution in [0.3, 0.4) is 0 Å². The number of carbonyl (C=O) groups excluding carboxylic acids is 2. The molecule has 0 amide bonds. The molecule has 0 unspecified atom stereocenters. The molecular weight excluding hydrogens is 590 g/mol. The van der Waals surface area contributed by atoms with Gasteiger partial charge in [0.05, 0.1) is 18.8 Å². The van der Waals surface area contributed by atoms with Crippen molar-refractivity contribution in [2.24, 2.45) is 0 Å². The molecule has 17 heteroatoms. The quantitative estimate of drug-likeness (QED) is 0.0929. The second-order valence-electron chi connectivity index (χ2n) is 9.32. The van der Waals surface area contributed by atoms with Gasteiger partial charge < -0.3 is 23.7 Å². The number of benzene rings is 2. The van der Waals surface area contributed by atoms with E-state index in [9.17, 15) is 53.5 Å². The van der Waals surface area contributed by atoms with Gasteiger partial charge in [-0.25, -0.2) is 35.9 Å². The van der Waals surface area contributed by atoms with Crippen molar-refractivity contribution in [1.82, 2.24) is 0 Å². The SMILES string of the molecule is CC(C)(CCOC(=O)Oc1c(F)c(F)c(F)c(F)c1F)OCCC(C)(C)OC(=O)Oc1c(F)c(F)c(F)c(F)c1F. The maximum atomic E-state index is 13.7. The minimum absolute atomic E-state index is 0.108. The average Bonchev–Trinajstić information content (AvgIpc) is 2.88.